The number of rotatable bonds is 7. The first-order chi connectivity index (χ1) is 10.2. The second kappa shape index (κ2) is 7.84. The summed E-state index contributed by atoms with van der Waals surface area (Å²) < 4.78 is 5.84. The van der Waals surface area contributed by atoms with Gasteiger partial charge in [-0.05, 0) is 43.0 Å². The van der Waals surface area contributed by atoms with Crippen molar-refractivity contribution >= 4 is 0 Å². The Kier molecular flexibility index (Phi) is 5.82. The molecule has 0 heterocycles. The van der Waals surface area contributed by atoms with E-state index in [9.17, 15) is 5.11 Å². The van der Waals surface area contributed by atoms with E-state index < -0.39 is 6.10 Å². The molecule has 112 valence electrons. The van der Waals surface area contributed by atoms with Crippen LogP contribution in [0.4, 0.5) is 0 Å². The van der Waals surface area contributed by atoms with Crippen LogP contribution in [-0.4, -0.2) is 11.2 Å². The monoisotopic (exact) mass is 284 g/mol. The summed E-state index contributed by atoms with van der Waals surface area (Å²) in [5.41, 5.74) is 2.21. The number of hydrogen-bond donors (Lipinski definition) is 1. The highest BCUT2D eigenvalue weighted by Crippen LogP contribution is 2.22. The van der Waals surface area contributed by atoms with Crippen molar-refractivity contribution in [3.05, 3.63) is 65.7 Å². The van der Waals surface area contributed by atoms with Crippen LogP contribution in [0.15, 0.2) is 54.6 Å². The zero-order valence-electron chi connectivity index (χ0n) is 12.8. The first kappa shape index (κ1) is 15.6. The van der Waals surface area contributed by atoms with Crippen molar-refractivity contribution in [3.8, 4) is 5.75 Å². The van der Waals surface area contributed by atoms with Gasteiger partial charge in [0.15, 0.2) is 0 Å². The number of unbranched alkanes of at least 4 members (excludes halogenated alkanes) is 1. The topological polar surface area (TPSA) is 29.5 Å². The predicted octanol–water partition coefficient (Wildman–Crippen LogP) is 4.53. The summed E-state index contributed by atoms with van der Waals surface area (Å²) in [4.78, 5) is 0. The van der Waals surface area contributed by atoms with Crippen molar-refractivity contribution in [2.45, 2.75) is 45.3 Å². The maximum atomic E-state index is 10.3. The smallest absolute Gasteiger partial charge is 0.126 e. The Morgan fingerprint density at radius 2 is 1.67 bits per heavy atom. The SMILES string of the molecule is CCCCc1ccc(OC(C)C(O)c2ccccc2)cc1. The lowest BCUT2D eigenvalue weighted by molar-refractivity contribution is 0.0467. The molecule has 2 unspecified atom stereocenters. The Bertz CT molecular complexity index is 519. The maximum Gasteiger partial charge on any atom is 0.126 e. The van der Waals surface area contributed by atoms with E-state index in [1.807, 2.05) is 49.4 Å². The molecule has 2 heteroatoms. The van der Waals surface area contributed by atoms with Crippen molar-refractivity contribution in [2.24, 2.45) is 0 Å². The number of aryl methyl sites for hydroxylation is 1. The Hall–Kier alpha value is -1.80. The van der Waals surface area contributed by atoms with E-state index in [2.05, 4.69) is 19.1 Å². The van der Waals surface area contributed by atoms with E-state index in [4.69, 9.17) is 4.74 Å². The zero-order chi connectivity index (χ0) is 15.1. The number of aliphatic hydroxyl groups is 1. The van der Waals surface area contributed by atoms with Crippen molar-refractivity contribution in [2.75, 3.05) is 0 Å². The summed E-state index contributed by atoms with van der Waals surface area (Å²) in [5, 5.41) is 10.3. The highest BCUT2D eigenvalue weighted by molar-refractivity contribution is 5.28. The molecule has 2 aromatic carbocycles. The Morgan fingerprint density at radius 1 is 1.00 bits per heavy atom. The molecule has 0 saturated carbocycles. The van der Waals surface area contributed by atoms with Crippen molar-refractivity contribution < 1.29 is 9.84 Å². The molecular formula is C19H24O2. The molecular weight excluding hydrogens is 260 g/mol. The lowest BCUT2D eigenvalue weighted by atomic mass is 10.1. The van der Waals surface area contributed by atoms with Gasteiger partial charge in [-0.15, -0.1) is 0 Å². The van der Waals surface area contributed by atoms with Crippen LogP contribution in [0, 0.1) is 0 Å². The molecule has 0 fully saturated rings. The number of ether oxygens (including phenoxy) is 1. The van der Waals surface area contributed by atoms with E-state index in [1.54, 1.807) is 0 Å². The minimum Gasteiger partial charge on any atom is -0.488 e. The van der Waals surface area contributed by atoms with Gasteiger partial charge in [0.25, 0.3) is 0 Å². The molecule has 0 bridgehead atoms. The van der Waals surface area contributed by atoms with Crippen LogP contribution >= 0.6 is 0 Å². The predicted molar refractivity (Wildman–Crippen MR) is 86.5 cm³/mol. The summed E-state index contributed by atoms with van der Waals surface area (Å²) in [6.45, 7) is 4.09. The van der Waals surface area contributed by atoms with E-state index >= 15 is 0 Å². The fourth-order valence-corrected chi connectivity index (χ4v) is 2.32. The lowest BCUT2D eigenvalue weighted by Gasteiger charge is -2.21. The van der Waals surface area contributed by atoms with Crippen molar-refractivity contribution in [1.82, 2.24) is 0 Å². The van der Waals surface area contributed by atoms with Crippen LogP contribution in [-0.2, 0) is 6.42 Å². The summed E-state index contributed by atoms with van der Waals surface area (Å²) >= 11 is 0. The van der Waals surface area contributed by atoms with Gasteiger partial charge in [0, 0.05) is 0 Å². The molecule has 0 spiro atoms. The highest BCUT2D eigenvalue weighted by Gasteiger charge is 2.17. The Balaban J connectivity index is 1.94. The molecule has 1 N–H and O–H groups in total. The third kappa shape index (κ3) is 4.61. The second-order valence-electron chi connectivity index (χ2n) is 5.43. The molecule has 2 aromatic rings. The first-order valence-corrected chi connectivity index (χ1v) is 7.69. The molecule has 2 nitrogen and oxygen atoms in total. The molecule has 0 aliphatic heterocycles. The number of aliphatic hydroxyl groups excluding tert-OH is 1. The molecule has 0 aliphatic carbocycles. The Labute approximate surface area is 127 Å². The average Bonchev–Trinajstić information content (AvgIpc) is 2.54. The minimum atomic E-state index is -0.619. The summed E-state index contributed by atoms with van der Waals surface area (Å²) in [5.74, 6) is 0.803. The van der Waals surface area contributed by atoms with E-state index in [1.165, 1.54) is 18.4 Å². The first-order valence-electron chi connectivity index (χ1n) is 7.69. The molecule has 21 heavy (non-hydrogen) atoms. The summed E-state index contributed by atoms with van der Waals surface area (Å²) in [6.07, 6.45) is 2.63. The highest BCUT2D eigenvalue weighted by atomic mass is 16.5. The van der Waals surface area contributed by atoms with Gasteiger partial charge in [0.1, 0.15) is 18.0 Å². The lowest BCUT2D eigenvalue weighted by Crippen LogP contribution is -2.21. The van der Waals surface area contributed by atoms with E-state index in [-0.39, 0.29) is 6.10 Å². The quantitative estimate of drug-likeness (QED) is 0.809. The van der Waals surface area contributed by atoms with Gasteiger partial charge >= 0.3 is 0 Å². The van der Waals surface area contributed by atoms with Crippen LogP contribution in [0.2, 0.25) is 0 Å². The average molecular weight is 284 g/mol. The van der Waals surface area contributed by atoms with Crippen LogP contribution < -0.4 is 4.74 Å². The van der Waals surface area contributed by atoms with Crippen LogP contribution in [0.1, 0.15) is 43.9 Å². The molecule has 2 rings (SSSR count). The van der Waals surface area contributed by atoms with Crippen LogP contribution in [0.5, 0.6) is 5.75 Å². The van der Waals surface area contributed by atoms with Gasteiger partial charge in [0.2, 0.25) is 0 Å². The fraction of sp³-hybridized carbons (Fsp3) is 0.368. The minimum absolute atomic E-state index is 0.283. The van der Waals surface area contributed by atoms with Gasteiger partial charge in [0.05, 0.1) is 0 Å². The number of benzene rings is 2. The maximum absolute atomic E-state index is 10.3. The van der Waals surface area contributed by atoms with Crippen molar-refractivity contribution in [3.63, 3.8) is 0 Å². The van der Waals surface area contributed by atoms with Gasteiger partial charge < -0.3 is 9.84 Å². The zero-order valence-corrected chi connectivity index (χ0v) is 12.8. The van der Waals surface area contributed by atoms with E-state index in [0.29, 0.717) is 0 Å². The summed E-state index contributed by atoms with van der Waals surface area (Å²) in [7, 11) is 0. The fourth-order valence-electron chi connectivity index (χ4n) is 2.32. The molecule has 0 saturated heterocycles. The number of hydrogen-bond acceptors (Lipinski definition) is 2. The van der Waals surface area contributed by atoms with E-state index in [0.717, 1.165) is 17.7 Å². The van der Waals surface area contributed by atoms with Gasteiger partial charge in [-0.25, -0.2) is 0 Å². The third-order valence-corrected chi connectivity index (χ3v) is 3.65. The Morgan fingerprint density at radius 3 is 2.29 bits per heavy atom. The van der Waals surface area contributed by atoms with Crippen molar-refractivity contribution in [1.29, 1.82) is 0 Å². The van der Waals surface area contributed by atoms with Crippen LogP contribution in [0.3, 0.4) is 0 Å². The molecule has 0 radical (unpaired) electrons. The van der Waals surface area contributed by atoms with Gasteiger partial charge in [-0.3, -0.25) is 0 Å². The molecule has 2 atom stereocenters. The molecule has 0 aromatic heterocycles. The van der Waals surface area contributed by atoms with Gasteiger partial charge in [-0.1, -0.05) is 55.8 Å². The molecule has 0 amide bonds. The van der Waals surface area contributed by atoms with Crippen LogP contribution in [0.25, 0.3) is 0 Å². The third-order valence-electron chi connectivity index (χ3n) is 3.65. The normalized spacial score (nSPS) is 13.7. The van der Waals surface area contributed by atoms with Gasteiger partial charge in [-0.2, -0.15) is 0 Å². The molecule has 0 aliphatic rings. The second-order valence-corrected chi connectivity index (χ2v) is 5.43. The largest absolute Gasteiger partial charge is 0.488 e. The standard InChI is InChI=1S/C19H24O2/c1-3-4-8-16-11-13-18(14-12-16)21-15(2)19(20)17-9-6-5-7-10-17/h5-7,9-15,19-20H,3-4,8H2,1-2H3. The summed E-state index contributed by atoms with van der Waals surface area (Å²) in [6, 6.07) is 17.8.